The number of nitrogens with zero attached hydrogens (tertiary/aromatic N) is 1. The van der Waals surface area contributed by atoms with Crippen LogP contribution < -0.4 is 5.32 Å². The Morgan fingerprint density at radius 1 is 1.32 bits per heavy atom. The molecule has 168 valence electrons. The number of nitrogens with one attached hydrogen (secondary N) is 1. The lowest BCUT2D eigenvalue weighted by atomic mass is 9.68. The molecular formula is C23H29FN2O5. The summed E-state index contributed by atoms with van der Waals surface area (Å²) in [6, 6.07) is 0. The third-order valence-corrected chi connectivity index (χ3v) is 6.42. The average Bonchev–Trinajstić information content (AvgIpc) is 2.67. The fourth-order valence-corrected chi connectivity index (χ4v) is 4.81. The number of fused-ring (bicyclic) bond motifs is 4. The van der Waals surface area contributed by atoms with E-state index in [0.717, 1.165) is 6.20 Å². The molecule has 2 aliphatic carbocycles. The number of aliphatic hydroxyl groups excluding tert-OH is 1. The second-order valence-electron chi connectivity index (χ2n) is 9.96. The van der Waals surface area contributed by atoms with Crippen LogP contribution in [-0.2, 0) is 20.7 Å². The summed E-state index contributed by atoms with van der Waals surface area (Å²) in [5.41, 5.74) is -0.551. The SMILES string of the molecule is CC(C)(C)OC(=O)NC12CCC(CC(O)c3c(F)cnc4c3CC(=O)C=C4)(CC1)OC2. The Hall–Kier alpha value is -2.32. The fraction of sp³-hybridized carbons (Fsp3) is 0.609. The third kappa shape index (κ3) is 4.50. The molecule has 1 aromatic rings. The number of ether oxygens (including phenoxy) is 2. The van der Waals surface area contributed by atoms with E-state index in [9.17, 15) is 19.1 Å². The van der Waals surface area contributed by atoms with Crippen LogP contribution in [-0.4, -0.2) is 45.3 Å². The topological polar surface area (TPSA) is 97.8 Å². The van der Waals surface area contributed by atoms with Crippen LogP contribution in [0.15, 0.2) is 12.3 Å². The van der Waals surface area contributed by atoms with Crippen molar-refractivity contribution in [1.82, 2.24) is 10.3 Å². The second-order valence-corrected chi connectivity index (χ2v) is 9.96. The van der Waals surface area contributed by atoms with E-state index in [4.69, 9.17) is 9.47 Å². The van der Waals surface area contributed by atoms with Crippen LogP contribution in [0.3, 0.4) is 0 Å². The molecule has 5 rings (SSSR count). The van der Waals surface area contributed by atoms with Gasteiger partial charge in [0.05, 0.1) is 35.7 Å². The molecule has 8 heteroatoms. The molecule has 3 heterocycles. The van der Waals surface area contributed by atoms with Crippen LogP contribution in [0, 0.1) is 5.82 Å². The average molecular weight is 432 g/mol. The summed E-state index contributed by atoms with van der Waals surface area (Å²) in [5, 5.41) is 13.9. The Morgan fingerprint density at radius 3 is 2.65 bits per heavy atom. The van der Waals surface area contributed by atoms with E-state index in [1.807, 2.05) is 20.8 Å². The largest absolute Gasteiger partial charge is 0.444 e. The molecular weight excluding hydrogens is 403 g/mol. The third-order valence-electron chi connectivity index (χ3n) is 6.42. The number of hydrogen-bond donors (Lipinski definition) is 2. The summed E-state index contributed by atoms with van der Waals surface area (Å²) < 4.78 is 26.2. The number of halogens is 1. The number of aliphatic hydroxyl groups is 1. The maximum absolute atomic E-state index is 14.6. The van der Waals surface area contributed by atoms with Crippen molar-refractivity contribution in [1.29, 1.82) is 0 Å². The summed E-state index contributed by atoms with van der Waals surface area (Å²) in [6.07, 6.45) is 5.40. The molecule has 4 aliphatic rings. The molecule has 0 spiro atoms. The number of hydrogen-bond acceptors (Lipinski definition) is 6. The minimum absolute atomic E-state index is 0.0275. The van der Waals surface area contributed by atoms with E-state index in [1.165, 1.54) is 6.08 Å². The van der Waals surface area contributed by atoms with Gasteiger partial charge in [-0.3, -0.25) is 9.78 Å². The van der Waals surface area contributed by atoms with E-state index >= 15 is 0 Å². The standard InChI is InChI=1S/C23H29FN2O5/c1-21(2,3)31-20(29)26-22-6-8-23(9-7-22,30-13-22)11-18(28)19-15-10-14(27)4-5-17(15)25-12-16(19)24/h4-5,12,18,28H,6-11,13H2,1-3H3,(H,26,29). The monoisotopic (exact) mass is 432 g/mol. The van der Waals surface area contributed by atoms with Gasteiger partial charge in [0.2, 0.25) is 0 Å². The molecule has 1 amide bonds. The van der Waals surface area contributed by atoms with Crippen LogP contribution in [0.1, 0.15) is 75.8 Å². The summed E-state index contributed by atoms with van der Waals surface area (Å²) in [6.45, 7) is 5.76. The van der Waals surface area contributed by atoms with E-state index in [-0.39, 0.29) is 24.2 Å². The highest BCUT2D eigenvalue weighted by molar-refractivity contribution is 5.98. The molecule has 0 aromatic carbocycles. The number of amides is 1. The van der Waals surface area contributed by atoms with Crippen molar-refractivity contribution in [3.63, 3.8) is 0 Å². The summed E-state index contributed by atoms with van der Waals surface area (Å²) >= 11 is 0. The van der Waals surface area contributed by atoms with Crippen LogP contribution in [0.4, 0.5) is 9.18 Å². The van der Waals surface area contributed by atoms with Crippen LogP contribution in [0.25, 0.3) is 6.08 Å². The van der Waals surface area contributed by atoms with Gasteiger partial charge in [-0.1, -0.05) is 0 Å². The Balaban J connectivity index is 1.45. The molecule has 2 aliphatic heterocycles. The predicted molar refractivity (Wildman–Crippen MR) is 111 cm³/mol. The molecule has 31 heavy (non-hydrogen) atoms. The van der Waals surface area contributed by atoms with Crippen LogP contribution in [0.5, 0.6) is 0 Å². The molecule has 1 aromatic heterocycles. The van der Waals surface area contributed by atoms with E-state index < -0.39 is 34.8 Å². The first-order chi connectivity index (χ1) is 14.5. The van der Waals surface area contributed by atoms with E-state index in [2.05, 4.69) is 10.3 Å². The van der Waals surface area contributed by atoms with Crippen molar-refractivity contribution < 1.29 is 28.6 Å². The minimum Gasteiger partial charge on any atom is -0.444 e. The van der Waals surface area contributed by atoms with Crippen LogP contribution in [0.2, 0.25) is 0 Å². The maximum Gasteiger partial charge on any atom is 0.408 e. The zero-order valence-electron chi connectivity index (χ0n) is 18.2. The summed E-state index contributed by atoms with van der Waals surface area (Å²) in [5.74, 6) is -0.755. The van der Waals surface area contributed by atoms with Gasteiger partial charge in [-0.15, -0.1) is 0 Å². The Bertz CT molecular complexity index is 912. The normalized spacial score (nSPS) is 28.2. The van der Waals surface area contributed by atoms with Gasteiger partial charge < -0.3 is 19.9 Å². The highest BCUT2D eigenvalue weighted by atomic mass is 19.1. The quantitative estimate of drug-likeness (QED) is 0.757. The van der Waals surface area contributed by atoms with E-state index in [1.54, 1.807) is 6.08 Å². The zero-order valence-corrected chi connectivity index (χ0v) is 18.2. The Kier molecular flexibility index (Phi) is 5.42. The lowest BCUT2D eigenvalue weighted by Crippen LogP contribution is -2.63. The Morgan fingerprint density at radius 2 is 2.03 bits per heavy atom. The zero-order chi connectivity index (χ0) is 22.4. The number of aromatic nitrogens is 1. The molecule has 1 unspecified atom stereocenters. The number of alkyl carbamates (subject to hydrolysis) is 1. The maximum atomic E-state index is 14.6. The Labute approximate surface area is 181 Å². The number of carbonyl (C=O) groups excluding carboxylic acids is 2. The molecule has 7 nitrogen and oxygen atoms in total. The second kappa shape index (κ2) is 7.67. The first kappa shape index (κ1) is 21.9. The number of carbonyl (C=O) groups is 2. The van der Waals surface area contributed by atoms with Gasteiger partial charge in [-0.05, 0) is 64.2 Å². The lowest BCUT2D eigenvalue weighted by molar-refractivity contribution is -0.175. The van der Waals surface area contributed by atoms with Gasteiger partial charge >= 0.3 is 6.09 Å². The summed E-state index contributed by atoms with van der Waals surface area (Å²) in [7, 11) is 0. The minimum atomic E-state index is -1.11. The van der Waals surface area contributed by atoms with Crippen molar-refractivity contribution in [2.75, 3.05) is 6.61 Å². The van der Waals surface area contributed by atoms with Crippen LogP contribution >= 0.6 is 0 Å². The molecule has 1 saturated carbocycles. The molecule has 3 fully saturated rings. The first-order valence-electron chi connectivity index (χ1n) is 10.7. The van der Waals surface area contributed by atoms with Gasteiger partial charge in [-0.25, -0.2) is 9.18 Å². The van der Waals surface area contributed by atoms with Gasteiger partial charge in [-0.2, -0.15) is 0 Å². The lowest BCUT2D eigenvalue weighted by Gasteiger charge is -2.53. The van der Waals surface area contributed by atoms with Crippen molar-refractivity contribution >= 4 is 18.0 Å². The number of pyridine rings is 1. The molecule has 2 saturated heterocycles. The van der Waals surface area contributed by atoms with Gasteiger partial charge in [0, 0.05) is 18.4 Å². The molecule has 0 radical (unpaired) electrons. The van der Waals surface area contributed by atoms with Gasteiger partial charge in [0.15, 0.2) is 5.78 Å². The van der Waals surface area contributed by atoms with Crippen molar-refractivity contribution in [2.24, 2.45) is 0 Å². The van der Waals surface area contributed by atoms with Gasteiger partial charge in [0.1, 0.15) is 11.4 Å². The smallest absolute Gasteiger partial charge is 0.408 e. The fourth-order valence-electron chi connectivity index (χ4n) is 4.81. The predicted octanol–water partition coefficient (Wildman–Crippen LogP) is 3.39. The number of rotatable bonds is 4. The van der Waals surface area contributed by atoms with Crippen molar-refractivity contribution in [2.45, 2.75) is 82.1 Å². The molecule has 1 atom stereocenters. The highest BCUT2D eigenvalue weighted by Crippen LogP contribution is 2.48. The van der Waals surface area contributed by atoms with E-state index in [0.29, 0.717) is 43.5 Å². The number of allylic oxidation sites excluding steroid dienone is 1. The van der Waals surface area contributed by atoms with Crippen molar-refractivity contribution in [3.05, 3.63) is 34.9 Å². The highest BCUT2D eigenvalue weighted by Gasteiger charge is 2.51. The van der Waals surface area contributed by atoms with Crippen molar-refractivity contribution in [3.8, 4) is 0 Å². The number of ketones is 1. The van der Waals surface area contributed by atoms with Gasteiger partial charge in [0.25, 0.3) is 0 Å². The molecule has 2 bridgehead atoms. The molecule has 2 N–H and O–H groups in total. The summed E-state index contributed by atoms with van der Waals surface area (Å²) in [4.78, 5) is 28.1. The first-order valence-corrected chi connectivity index (χ1v) is 10.7.